The van der Waals surface area contributed by atoms with Crippen molar-refractivity contribution in [3.8, 4) is 5.88 Å². The second kappa shape index (κ2) is 5.60. The van der Waals surface area contributed by atoms with Crippen molar-refractivity contribution in [2.24, 2.45) is 0 Å². The van der Waals surface area contributed by atoms with Gasteiger partial charge in [0.15, 0.2) is 0 Å². The van der Waals surface area contributed by atoms with Crippen molar-refractivity contribution in [3.05, 3.63) is 21.6 Å². The molecule has 0 aliphatic rings. The summed E-state index contributed by atoms with van der Waals surface area (Å²) in [6, 6.07) is 0. The van der Waals surface area contributed by atoms with Crippen LogP contribution in [0.3, 0.4) is 0 Å². The quantitative estimate of drug-likeness (QED) is 0.453. The Morgan fingerprint density at radius 2 is 2.38 bits per heavy atom. The van der Waals surface area contributed by atoms with Crippen LogP contribution in [0.5, 0.6) is 5.88 Å². The molecule has 1 rings (SSSR count). The van der Waals surface area contributed by atoms with Crippen molar-refractivity contribution >= 4 is 17.3 Å². The molecule has 0 amide bonds. The Balaban J connectivity index is 2.92. The van der Waals surface area contributed by atoms with Gasteiger partial charge in [-0.1, -0.05) is 13.3 Å². The first kappa shape index (κ1) is 12.6. The number of nitrogens with zero attached hydrogens (tertiary/aromatic N) is 3. The summed E-state index contributed by atoms with van der Waals surface area (Å²) in [5.74, 6) is -0.0778. The van der Waals surface area contributed by atoms with Crippen LogP contribution in [0, 0.1) is 10.1 Å². The summed E-state index contributed by atoms with van der Waals surface area (Å²) >= 11 is 5.56. The first-order chi connectivity index (χ1) is 7.54. The van der Waals surface area contributed by atoms with Gasteiger partial charge in [-0.2, -0.15) is 4.98 Å². The molecular weight excluding hydrogens is 234 g/mol. The predicted octanol–water partition coefficient (Wildman–Crippen LogP) is 2.61. The van der Waals surface area contributed by atoms with E-state index in [1.807, 2.05) is 13.8 Å². The van der Waals surface area contributed by atoms with Gasteiger partial charge in [-0.05, 0) is 24.9 Å². The van der Waals surface area contributed by atoms with E-state index in [9.17, 15) is 10.1 Å². The Labute approximate surface area is 97.8 Å². The lowest BCUT2D eigenvalue weighted by molar-refractivity contribution is -0.386. The number of ether oxygens (including phenoxy) is 1. The van der Waals surface area contributed by atoms with Gasteiger partial charge >= 0.3 is 5.69 Å². The van der Waals surface area contributed by atoms with Crippen molar-refractivity contribution in [3.63, 3.8) is 0 Å². The van der Waals surface area contributed by atoms with E-state index in [0.717, 1.165) is 19.0 Å². The molecule has 0 saturated heterocycles. The van der Waals surface area contributed by atoms with E-state index >= 15 is 0 Å². The van der Waals surface area contributed by atoms with Crippen LogP contribution in [0.4, 0.5) is 5.69 Å². The lowest BCUT2D eigenvalue weighted by atomic mass is 10.2. The van der Waals surface area contributed by atoms with E-state index in [1.54, 1.807) is 0 Å². The molecule has 0 saturated carbocycles. The third-order valence-electron chi connectivity index (χ3n) is 1.91. The molecular formula is C9H12ClN3O3. The topological polar surface area (TPSA) is 78.2 Å². The molecule has 0 fully saturated rings. The summed E-state index contributed by atoms with van der Waals surface area (Å²) in [5, 5.41) is 10.6. The molecule has 0 spiro atoms. The number of hydrogen-bond acceptors (Lipinski definition) is 5. The molecule has 0 N–H and O–H groups in total. The van der Waals surface area contributed by atoms with Gasteiger partial charge in [0.25, 0.3) is 5.88 Å². The van der Waals surface area contributed by atoms with Crippen LogP contribution in [0.2, 0.25) is 5.28 Å². The summed E-state index contributed by atoms with van der Waals surface area (Å²) in [4.78, 5) is 17.3. The van der Waals surface area contributed by atoms with Gasteiger partial charge in [-0.3, -0.25) is 10.1 Å². The van der Waals surface area contributed by atoms with Crippen molar-refractivity contribution < 1.29 is 9.66 Å². The first-order valence-corrected chi connectivity index (χ1v) is 5.26. The Morgan fingerprint density at radius 1 is 1.69 bits per heavy atom. The van der Waals surface area contributed by atoms with Gasteiger partial charge in [-0.25, -0.2) is 4.98 Å². The summed E-state index contributed by atoms with van der Waals surface area (Å²) in [6.07, 6.45) is 2.62. The van der Waals surface area contributed by atoms with E-state index < -0.39 is 4.92 Å². The number of hydrogen-bond donors (Lipinski definition) is 0. The van der Waals surface area contributed by atoms with Crippen LogP contribution >= 0.6 is 11.6 Å². The third-order valence-corrected chi connectivity index (χ3v) is 2.09. The highest BCUT2D eigenvalue weighted by atomic mass is 35.5. The molecule has 0 aromatic carbocycles. The van der Waals surface area contributed by atoms with E-state index in [1.165, 1.54) is 0 Å². The molecule has 88 valence electrons. The summed E-state index contributed by atoms with van der Waals surface area (Å²) in [5.41, 5.74) is -0.271. The molecule has 6 nitrogen and oxygen atoms in total. The van der Waals surface area contributed by atoms with Crippen LogP contribution in [0.1, 0.15) is 26.7 Å². The fraction of sp³-hybridized carbons (Fsp3) is 0.556. The summed E-state index contributed by atoms with van der Waals surface area (Å²) in [6.45, 7) is 3.82. The van der Waals surface area contributed by atoms with Crippen LogP contribution in [-0.2, 0) is 0 Å². The van der Waals surface area contributed by atoms with E-state index in [2.05, 4.69) is 9.97 Å². The second-order valence-electron chi connectivity index (χ2n) is 3.30. The largest absolute Gasteiger partial charge is 0.470 e. The van der Waals surface area contributed by atoms with Gasteiger partial charge in [0.05, 0.1) is 11.0 Å². The zero-order valence-corrected chi connectivity index (χ0v) is 9.77. The fourth-order valence-corrected chi connectivity index (χ4v) is 1.33. The van der Waals surface area contributed by atoms with Gasteiger partial charge in [0, 0.05) is 0 Å². The Hall–Kier alpha value is -1.43. The van der Waals surface area contributed by atoms with Gasteiger partial charge < -0.3 is 4.74 Å². The second-order valence-corrected chi connectivity index (χ2v) is 3.64. The maximum absolute atomic E-state index is 10.7. The molecule has 1 aromatic heterocycles. The summed E-state index contributed by atoms with van der Waals surface area (Å²) < 4.78 is 5.35. The average molecular weight is 246 g/mol. The molecule has 0 aliphatic carbocycles. The highest BCUT2D eigenvalue weighted by Gasteiger charge is 2.20. The van der Waals surface area contributed by atoms with Crippen LogP contribution < -0.4 is 4.74 Å². The Kier molecular flexibility index (Phi) is 4.42. The molecule has 1 atom stereocenters. The Bertz CT molecular complexity index is 386. The van der Waals surface area contributed by atoms with E-state index in [-0.39, 0.29) is 23.0 Å². The van der Waals surface area contributed by atoms with Gasteiger partial charge in [0.1, 0.15) is 6.20 Å². The van der Waals surface area contributed by atoms with Crippen LogP contribution in [0.15, 0.2) is 6.20 Å². The first-order valence-electron chi connectivity index (χ1n) is 4.88. The maximum Gasteiger partial charge on any atom is 0.349 e. The lowest BCUT2D eigenvalue weighted by Crippen LogP contribution is -2.13. The highest BCUT2D eigenvalue weighted by Crippen LogP contribution is 2.25. The van der Waals surface area contributed by atoms with Gasteiger partial charge in [0.2, 0.25) is 5.28 Å². The molecule has 1 heterocycles. The zero-order valence-electron chi connectivity index (χ0n) is 9.01. The minimum absolute atomic E-state index is 0.0655. The number of rotatable bonds is 5. The standard InChI is InChI=1S/C9H12ClN3O3/c1-3-4-6(2)16-8-7(13(14)15)5-11-9(10)12-8/h5-6H,3-4H2,1-2H3. The molecule has 0 radical (unpaired) electrons. The average Bonchev–Trinajstić information content (AvgIpc) is 2.17. The summed E-state index contributed by atoms with van der Waals surface area (Å²) in [7, 11) is 0. The van der Waals surface area contributed by atoms with Crippen molar-refractivity contribution in [2.45, 2.75) is 32.8 Å². The zero-order chi connectivity index (χ0) is 12.1. The molecule has 0 aliphatic heterocycles. The number of nitro groups is 1. The molecule has 1 aromatic rings. The molecule has 16 heavy (non-hydrogen) atoms. The third kappa shape index (κ3) is 3.30. The number of aromatic nitrogens is 2. The minimum atomic E-state index is -0.593. The van der Waals surface area contributed by atoms with Crippen molar-refractivity contribution in [2.75, 3.05) is 0 Å². The number of halogens is 1. The predicted molar refractivity (Wildman–Crippen MR) is 58.7 cm³/mol. The smallest absolute Gasteiger partial charge is 0.349 e. The van der Waals surface area contributed by atoms with Crippen LogP contribution in [-0.4, -0.2) is 21.0 Å². The van der Waals surface area contributed by atoms with Crippen molar-refractivity contribution in [1.82, 2.24) is 9.97 Å². The van der Waals surface area contributed by atoms with E-state index in [0.29, 0.717) is 0 Å². The molecule has 7 heteroatoms. The van der Waals surface area contributed by atoms with Gasteiger partial charge in [-0.15, -0.1) is 0 Å². The SMILES string of the molecule is CCCC(C)Oc1nc(Cl)ncc1[N+](=O)[O-]. The van der Waals surface area contributed by atoms with Crippen molar-refractivity contribution in [1.29, 1.82) is 0 Å². The minimum Gasteiger partial charge on any atom is -0.470 e. The molecule has 0 bridgehead atoms. The highest BCUT2D eigenvalue weighted by molar-refractivity contribution is 6.28. The van der Waals surface area contributed by atoms with E-state index in [4.69, 9.17) is 16.3 Å². The monoisotopic (exact) mass is 245 g/mol. The maximum atomic E-state index is 10.7. The normalized spacial score (nSPS) is 12.2. The van der Waals surface area contributed by atoms with Crippen LogP contribution in [0.25, 0.3) is 0 Å². The fourth-order valence-electron chi connectivity index (χ4n) is 1.21. The lowest BCUT2D eigenvalue weighted by Gasteiger charge is -2.12. The molecule has 1 unspecified atom stereocenters. The Morgan fingerprint density at radius 3 is 2.94 bits per heavy atom.